The van der Waals surface area contributed by atoms with Gasteiger partial charge in [0.25, 0.3) is 8.32 Å². The Morgan fingerprint density at radius 3 is 1.62 bits per heavy atom. The summed E-state index contributed by atoms with van der Waals surface area (Å²) in [5, 5.41) is 9.38. The largest absolute Gasteiger partial charge is 0.456 e. The molecule has 6 rings (SSSR count). The third-order valence-corrected chi connectivity index (χ3v) is 15.7. The molecular formula is C50H55N3O9Si. The number of nitrogens with one attached hydrogen (secondary N) is 3. The highest BCUT2D eigenvalue weighted by Gasteiger charge is 2.51. The number of esters is 1. The highest BCUT2D eigenvalue weighted by Crippen LogP contribution is 2.44. The van der Waals surface area contributed by atoms with Gasteiger partial charge < -0.3 is 34.6 Å². The summed E-state index contributed by atoms with van der Waals surface area (Å²) in [5.74, 6) is -2.44. The molecule has 0 radical (unpaired) electrons. The molecule has 0 spiro atoms. The van der Waals surface area contributed by atoms with E-state index in [1.165, 1.54) is 0 Å². The molecule has 0 heterocycles. The van der Waals surface area contributed by atoms with E-state index < -0.39 is 74.0 Å². The second-order valence-electron chi connectivity index (χ2n) is 17.3. The highest BCUT2D eigenvalue weighted by atomic mass is 28.4. The van der Waals surface area contributed by atoms with Gasteiger partial charge in [-0.2, -0.15) is 0 Å². The number of alkyl carbamates (subject to hydrolysis) is 2. The lowest BCUT2D eigenvalue weighted by Crippen LogP contribution is -2.68. The molecule has 5 aromatic rings. The quantitative estimate of drug-likeness (QED) is 0.0415. The lowest BCUT2D eigenvalue weighted by Gasteiger charge is -2.43. The fourth-order valence-corrected chi connectivity index (χ4v) is 12.4. The van der Waals surface area contributed by atoms with Gasteiger partial charge in [0.05, 0.1) is 6.61 Å². The van der Waals surface area contributed by atoms with Gasteiger partial charge in [0.15, 0.2) is 12.4 Å². The second kappa shape index (κ2) is 20.1. The Morgan fingerprint density at radius 1 is 0.603 bits per heavy atom. The van der Waals surface area contributed by atoms with Crippen LogP contribution >= 0.6 is 0 Å². The topological polar surface area (TPSA) is 158 Å². The van der Waals surface area contributed by atoms with Crippen LogP contribution in [0.1, 0.15) is 68.9 Å². The van der Waals surface area contributed by atoms with Crippen LogP contribution in [0.3, 0.4) is 0 Å². The molecule has 0 saturated carbocycles. The van der Waals surface area contributed by atoms with Gasteiger partial charge in [-0.05, 0) is 58.4 Å². The van der Waals surface area contributed by atoms with Crippen LogP contribution in [0.15, 0.2) is 140 Å². The number of ketones is 1. The number of benzene rings is 5. The Labute approximate surface area is 369 Å². The van der Waals surface area contributed by atoms with Crippen molar-refractivity contribution < 1.29 is 42.6 Å². The van der Waals surface area contributed by atoms with Crippen molar-refractivity contribution in [3.8, 4) is 11.1 Å². The minimum atomic E-state index is -3.21. The van der Waals surface area contributed by atoms with Crippen molar-refractivity contribution in [2.45, 2.75) is 70.2 Å². The van der Waals surface area contributed by atoms with E-state index in [0.717, 1.165) is 32.6 Å². The van der Waals surface area contributed by atoms with E-state index in [2.05, 4.69) is 36.7 Å². The van der Waals surface area contributed by atoms with E-state index in [1.807, 2.05) is 109 Å². The summed E-state index contributed by atoms with van der Waals surface area (Å²) in [6.45, 7) is 9.94. The fourth-order valence-electron chi connectivity index (χ4n) is 7.85. The molecule has 1 aliphatic carbocycles. The zero-order valence-electron chi connectivity index (χ0n) is 36.5. The SMILES string of the molecule is CC(C)(C)OC(=O)N[C@@H](CO[Si](c1ccccc1)(c1ccccc1)C(C)(C)C)C(=O)NC[C@H](NC(=O)OCC1c2ccccc2-c2ccccc21)C(=O)OCC(=O)c1ccccc1. The number of carbonyl (C=O) groups excluding carboxylic acids is 5. The third-order valence-electron chi connectivity index (χ3n) is 10.7. The Hall–Kier alpha value is -6.57. The number of hydrogen-bond donors (Lipinski definition) is 3. The van der Waals surface area contributed by atoms with Gasteiger partial charge in [-0.3, -0.25) is 9.59 Å². The lowest BCUT2D eigenvalue weighted by atomic mass is 9.98. The van der Waals surface area contributed by atoms with E-state index in [1.54, 1.807) is 51.1 Å². The Kier molecular flexibility index (Phi) is 14.6. The molecule has 0 saturated heterocycles. The monoisotopic (exact) mass is 869 g/mol. The first-order chi connectivity index (χ1) is 30.1. The van der Waals surface area contributed by atoms with Gasteiger partial charge >= 0.3 is 18.2 Å². The van der Waals surface area contributed by atoms with Crippen molar-refractivity contribution in [1.82, 2.24) is 16.0 Å². The van der Waals surface area contributed by atoms with Crippen molar-refractivity contribution >= 4 is 48.5 Å². The van der Waals surface area contributed by atoms with E-state index >= 15 is 0 Å². The number of Topliss-reactive ketones (excluding diaryl/α,β-unsaturated/α-hetero) is 1. The maximum absolute atomic E-state index is 14.3. The molecule has 3 amide bonds. The second-order valence-corrected chi connectivity index (χ2v) is 21.6. The molecule has 1 aliphatic rings. The van der Waals surface area contributed by atoms with Crippen molar-refractivity contribution in [2.24, 2.45) is 0 Å². The molecule has 2 atom stereocenters. The summed E-state index contributed by atoms with van der Waals surface area (Å²) >= 11 is 0. The van der Waals surface area contributed by atoms with Crippen LogP contribution in [-0.4, -0.2) is 82.2 Å². The van der Waals surface area contributed by atoms with Gasteiger partial charge in [-0.25, -0.2) is 14.4 Å². The molecular weight excluding hydrogens is 815 g/mol. The minimum absolute atomic E-state index is 0.0397. The first-order valence-electron chi connectivity index (χ1n) is 21.0. The van der Waals surface area contributed by atoms with Gasteiger partial charge in [0, 0.05) is 18.0 Å². The lowest BCUT2D eigenvalue weighted by molar-refractivity contribution is -0.144. The minimum Gasteiger partial charge on any atom is -0.456 e. The van der Waals surface area contributed by atoms with Crippen LogP contribution in [0.2, 0.25) is 5.04 Å². The molecule has 328 valence electrons. The smallest absolute Gasteiger partial charge is 0.408 e. The summed E-state index contributed by atoms with van der Waals surface area (Å²) in [4.78, 5) is 67.7. The predicted octanol–water partition coefficient (Wildman–Crippen LogP) is 6.91. The van der Waals surface area contributed by atoms with E-state index in [9.17, 15) is 24.0 Å². The number of fused-ring (bicyclic) bond motifs is 3. The number of hydrogen-bond acceptors (Lipinski definition) is 9. The molecule has 0 aromatic heterocycles. The first-order valence-corrected chi connectivity index (χ1v) is 22.9. The van der Waals surface area contributed by atoms with Crippen LogP contribution in [0.25, 0.3) is 11.1 Å². The van der Waals surface area contributed by atoms with Gasteiger partial charge in [-0.1, -0.05) is 160 Å². The van der Waals surface area contributed by atoms with Gasteiger partial charge in [0.1, 0.15) is 24.3 Å². The van der Waals surface area contributed by atoms with Gasteiger partial charge in [0.2, 0.25) is 5.91 Å². The van der Waals surface area contributed by atoms with Crippen LogP contribution in [0.4, 0.5) is 9.59 Å². The molecule has 13 heteroatoms. The number of rotatable bonds is 16. The molecule has 0 unspecified atom stereocenters. The van der Waals surface area contributed by atoms with E-state index in [-0.39, 0.29) is 19.1 Å². The molecule has 5 aromatic carbocycles. The van der Waals surface area contributed by atoms with E-state index in [0.29, 0.717) is 5.56 Å². The Morgan fingerprint density at radius 2 is 1.10 bits per heavy atom. The average Bonchev–Trinajstić information content (AvgIpc) is 3.59. The van der Waals surface area contributed by atoms with E-state index in [4.69, 9.17) is 18.6 Å². The normalized spacial score (nSPS) is 13.4. The predicted molar refractivity (Wildman–Crippen MR) is 243 cm³/mol. The Bertz CT molecular complexity index is 2300. The summed E-state index contributed by atoms with van der Waals surface area (Å²) in [6, 6.07) is 40.9. The van der Waals surface area contributed by atoms with Crippen LogP contribution in [0.5, 0.6) is 0 Å². The zero-order valence-corrected chi connectivity index (χ0v) is 37.5. The summed E-state index contributed by atoms with van der Waals surface area (Å²) in [7, 11) is -3.21. The molecule has 0 bridgehead atoms. The number of ether oxygens (including phenoxy) is 3. The number of amides is 3. The van der Waals surface area contributed by atoms with Crippen LogP contribution in [0, 0.1) is 0 Å². The molecule has 0 aliphatic heterocycles. The standard InChI is InChI=1S/C50H55N3O9Si/c1-49(2,3)62-48(58)53-43(32-61-63(50(4,5)6,35-22-12-8-13-23-35)36-24-14-9-15-25-36)45(55)51-30-42(46(56)59-33-44(54)34-20-10-7-11-21-34)52-47(57)60-31-41-39-28-18-16-26-37(39)38-27-17-19-29-40(38)41/h7-29,41-43H,30-33H2,1-6H3,(H,51,55)(H,52,57)(H,53,58)/t42-,43-/m0/s1. The van der Waals surface area contributed by atoms with Crippen molar-refractivity contribution in [3.63, 3.8) is 0 Å². The Balaban J connectivity index is 1.23. The number of carbonyl (C=O) groups is 5. The maximum atomic E-state index is 14.3. The van der Waals surface area contributed by atoms with Gasteiger partial charge in [-0.15, -0.1) is 0 Å². The summed E-state index contributed by atoms with van der Waals surface area (Å²) < 4.78 is 23.7. The fraction of sp³-hybridized carbons (Fsp3) is 0.300. The first kappa shape index (κ1) is 45.9. The van der Waals surface area contributed by atoms with Crippen LogP contribution in [-0.2, 0) is 28.2 Å². The zero-order chi connectivity index (χ0) is 45.2. The third kappa shape index (κ3) is 11.3. The van der Waals surface area contributed by atoms with Crippen molar-refractivity contribution in [2.75, 3.05) is 26.4 Å². The molecule has 0 fully saturated rings. The molecule has 12 nitrogen and oxygen atoms in total. The maximum Gasteiger partial charge on any atom is 0.408 e. The molecule has 63 heavy (non-hydrogen) atoms. The van der Waals surface area contributed by atoms with Crippen molar-refractivity contribution in [3.05, 3.63) is 156 Å². The highest BCUT2D eigenvalue weighted by molar-refractivity contribution is 6.99. The summed E-state index contributed by atoms with van der Waals surface area (Å²) in [5.41, 5.74) is 3.53. The average molecular weight is 870 g/mol. The molecule has 3 N–H and O–H groups in total. The van der Waals surface area contributed by atoms with Crippen LogP contribution < -0.4 is 26.3 Å². The summed E-state index contributed by atoms with van der Waals surface area (Å²) in [6.07, 6.45) is -1.80. The van der Waals surface area contributed by atoms with Crippen molar-refractivity contribution in [1.29, 1.82) is 0 Å².